The van der Waals surface area contributed by atoms with Crippen LogP contribution in [0.25, 0.3) is 0 Å². The minimum absolute atomic E-state index is 0.158. The van der Waals surface area contributed by atoms with Crippen LogP contribution in [-0.4, -0.2) is 23.2 Å². The summed E-state index contributed by atoms with van der Waals surface area (Å²) < 4.78 is 0. The zero-order valence-electron chi connectivity index (χ0n) is 7.18. The summed E-state index contributed by atoms with van der Waals surface area (Å²) in [5, 5.41) is 12.2. The van der Waals surface area contributed by atoms with Gasteiger partial charge in [-0.15, -0.1) is 0 Å². The van der Waals surface area contributed by atoms with Crippen molar-refractivity contribution in [2.75, 3.05) is 6.54 Å². The van der Waals surface area contributed by atoms with Crippen LogP contribution < -0.4 is 5.32 Å². The Kier molecular flexibility index (Phi) is 1.83. The second-order valence-corrected chi connectivity index (χ2v) is 4.04. The normalized spacial score (nSPS) is 26.1. The van der Waals surface area contributed by atoms with Crippen LogP contribution in [-0.2, 0) is 4.79 Å². The van der Waals surface area contributed by atoms with Gasteiger partial charge in [-0.05, 0) is 31.6 Å². The highest BCUT2D eigenvalue weighted by Crippen LogP contribution is 2.35. The van der Waals surface area contributed by atoms with Gasteiger partial charge in [0, 0.05) is 6.54 Å². The Balaban J connectivity index is 1.68. The van der Waals surface area contributed by atoms with E-state index in [4.69, 9.17) is 0 Å². The fraction of sp³-hybridized carbons (Fsp3) is 0.889. The summed E-state index contributed by atoms with van der Waals surface area (Å²) in [7, 11) is 0. The Morgan fingerprint density at radius 1 is 1.50 bits per heavy atom. The number of nitrogens with one attached hydrogen (secondary N) is 1. The number of rotatable bonds is 3. The zero-order chi connectivity index (χ0) is 8.60. The molecule has 2 aliphatic carbocycles. The fourth-order valence-corrected chi connectivity index (χ4v) is 1.44. The third-order valence-electron chi connectivity index (χ3n) is 2.92. The van der Waals surface area contributed by atoms with Crippen LogP contribution in [0.2, 0.25) is 0 Å². The van der Waals surface area contributed by atoms with Crippen molar-refractivity contribution in [3.05, 3.63) is 0 Å². The lowest BCUT2D eigenvalue weighted by Crippen LogP contribution is -2.40. The summed E-state index contributed by atoms with van der Waals surface area (Å²) >= 11 is 0. The van der Waals surface area contributed by atoms with Crippen molar-refractivity contribution in [2.45, 2.75) is 37.7 Å². The van der Waals surface area contributed by atoms with Crippen LogP contribution >= 0.6 is 0 Å². The number of carbonyl (C=O) groups excluding carboxylic acids is 1. The lowest BCUT2D eigenvalue weighted by molar-refractivity contribution is -0.131. The van der Waals surface area contributed by atoms with Gasteiger partial charge in [0.1, 0.15) is 5.60 Å². The molecule has 0 bridgehead atoms. The zero-order valence-corrected chi connectivity index (χ0v) is 7.18. The van der Waals surface area contributed by atoms with E-state index in [1.807, 2.05) is 0 Å². The molecule has 3 heteroatoms. The Hall–Kier alpha value is -0.570. The highest BCUT2D eigenvalue weighted by atomic mass is 16.3. The number of amides is 1. The second kappa shape index (κ2) is 2.73. The van der Waals surface area contributed by atoms with Crippen LogP contribution in [0.1, 0.15) is 32.1 Å². The molecule has 0 aromatic rings. The molecule has 0 heterocycles. The van der Waals surface area contributed by atoms with Crippen molar-refractivity contribution < 1.29 is 9.90 Å². The summed E-state index contributed by atoms with van der Waals surface area (Å²) in [5.74, 6) is 0.519. The maximum Gasteiger partial charge on any atom is 0.251 e. The van der Waals surface area contributed by atoms with Crippen LogP contribution in [0, 0.1) is 5.92 Å². The van der Waals surface area contributed by atoms with Gasteiger partial charge >= 0.3 is 0 Å². The van der Waals surface area contributed by atoms with Gasteiger partial charge in [-0.3, -0.25) is 4.79 Å². The van der Waals surface area contributed by atoms with Crippen LogP contribution in [0.15, 0.2) is 0 Å². The molecular weight excluding hydrogens is 154 g/mol. The van der Waals surface area contributed by atoms with Gasteiger partial charge in [0.2, 0.25) is 0 Å². The van der Waals surface area contributed by atoms with E-state index in [0.29, 0.717) is 18.8 Å². The van der Waals surface area contributed by atoms with Gasteiger partial charge < -0.3 is 10.4 Å². The first-order valence-electron chi connectivity index (χ1n) is 4.71. The van der Waals surface area contributed by atoms with Gasteiger partial charge in [-0.1, -0.05) is 6.42 Å². The van der Waals surface area contributed by atoms with Gasteiger partial charge in [0.15, 0.2) is 0 Å². The molecule has 2 rings (SSSR count). The van der Waals surface area contributed by atoms with E-state index in [1.54, 1.807) is 0 Å². The first kappa shape index (κ1) is 8.05. The standard InChI is InChI=1S/C9H15NO2/c11-8(9(12)4-5-9)10-6-7-2-1-3-7/h7,12H,1-6H2,(H,10,11). The molecule has 1 amide bonds. The Morgan fingerprint density at radius 2 is 2.17 bits per heavy atom. The molecule has 2 fully saturated rings. The minimum atomic E-state index is -0.982. The van der Waals surface area contributed by atoms with Gasteiger partial charge in [-0.2, -0.15) is 0 Å². The van der Waals surface area contributed by atoms with Crippen LogP contribution in [0.4, 0.5) is 0 Å². The fourth-order valence-electron chi connectivity index (χ4n) is 1.44. The molecule has 12 heavy (non-hydrogen) atoms. The van der Waals surface area contributed by atoms with Crippen LogP contribution in [0.3, 0.4) is 0 Å². The molecule has 0 aromatic heterocycles. The largest absolute Gasteiger partial charge is 0.380 e. The SMILES string of the molecule is O=C(NCC1CCC1)C1(O)CC1. The maximum absolute atomic E-state index is 11.2. The van der Waals surface area contributed by atoms with E-state index < -0.39 is 5.60 Å². The number of carbonyl (C=O) groups is 1. The third-order valence-corrected chi connectivity index (χ3v) is 2.92. The van der Waals surface area contributed by atoms with E-state index in [-0.39, 0.29) is 5.91 Å². The molecule has 0 atom stereocenters. The van der Waals surface area contributed by atoms with E-state index in [2.05, 4.69) is 5.32 Å². The lowest BCUT2D eigenvalue weighted by Gasteiger charge is -2.25. The first-order chi connectivity index (χ1) is 5.71. The quantitative estimate of drug-likeness (QED) is 0.643. The monoisotopic (exact) mass is 169 g/mol. The van der Waals surface area contributed by atoms with Gasteiger partial charge in [-0.25, -0.2) is 0 Å². The average Bonchev–Trinajstić information content (AvgIpc) is 2.66. The van der Waals surface area contributed by atoms with E-state index in [1.165, 1.54) is 19.3 Å². The topological polar surface area (TPSA) is 49.3 Å². The number of aliphatic hydroxyl groups is 1. The summed E-state index contributed by atoms with van der Waals surface area (Å²) in [6.07, 6.45) is 5.05. The van der Waals surface area contributed by atoms with Crippen molar-refractivity contribution in [1.82, 2.24) is 5.32 Å². The van der Waals surface area contributed by atoms with Crippen molar-refractivity contribution in [2.24, 2.45) is 5.92 Å². The first-order valence-corrected chi connectivity index (χ1v) is 4.71. The average molecular weight is 169 g/mol. The van der Waals surface area contributed by atoms with Crippen molar-refractivity contribution >= 4 is 5.91 Å². The second-order valence-electron chi connectivity index (χ2n) is 4.04. The van der Waals surface area contributed by atoms with Gasteiger partial charge in [0.05, 0.1) is 0 Å². The molecule has 68 valence electrons. The van der Waals surface area contributed by atoms with Crippen molar-refractivity contribution in [3.8, 4) is 0 Å². The van der Waals surface area contributed by atoms with Crippen LogP contribution in [0.5, 0.6) is 0 Å². The predicted molar refractivity (Wildman–Crippen MR) is 44.5 cm³/mol. The van der Waals surface area contributed by atoms with Crippen molar-refractivity contribution in [3.63, 3.8) is 0 Å². The Morgan fingerprint density at radius 3 is 2.58 bits per heavy atom. The molecule has 2 saturated carbocycles. The maximum atomic E-state index is 11.2. The van der Waals surface area contributed by atoms with Crippen molar-refractivity contribution in [1.29, 1.82) is 0 Å². The molecule has 0 saturated heterocycles. The summed E-state index contributed by atoms with van der Waals surface area (Å²) in [5.41, 5.74) is -0.982. The summed E-state index contributed by atoms with van der Waals surface area (Å²) in [6.45, 7) is 0.765. The van der Waals surface area contributed by atoms with E-state index in [0.717, 1.165) is 6.54 Å². The smallest absolute Gasteiger partial charge is 0.251 e. The minimum Gasteiger partial charge on any atom is -0.380 e. The highest BCUT2D eigenvalue weighted by Gasteiger charge is 2.47. The van der Waals surface area contributed by atoms with E-state index >= 15 is 0 Å². The number of hydrogen-bond donors (Lipinski definition) is 2. The summed E-state index contributed by atoms with van der Waals surface area (Å²) in [4.78, 5) is 11.2. The molecule has 0 unspecified atom stereocenters. The molecule has 2 N–H and O–H groups in total. The molecular formula is C9H15NO2. The predicted octanol–water partition coefficient (Wildman–Crippen LogP) is 0.428. The Bertz CT molecular complexity index is 195. The van der Waals surface area contributed by atoms with E-state index in [9.17, 15) is 9.90 Å². The molecule has 0 spiro atoms. The third kappa shape index (κ3) is 1.46. The lowest BCUT2D eigenvalue weighted by atomic mass is 9.85. The molecule has 0 aromatic carbocycles. The molecule has 0 radical (unpaired) electrons. The number of hydrogen-bond acceptors (Lipinski definition) is 2. The van der Waals surface area contributed by atoms with Gasteiger partial charge in [0.25, 0.3) is 5.91 Å². The highest BCUT2D eigenvalue weighted by molar-refractivity contribution is 5.87. The molecule has 0 aliphatic heterocycles. The molecule has 2 aliphatic rings. The Labute approximate surface area is 72.2 Å². The summed E-state index contributed by atoms with van der Waals surface area (Å²) in [6, 6.07) is 0. The molecule has 3 nitrogen and oxygen atoms in total.